The summed E-state index contributed by atoms with van der Waals surface area (Å²) in [6, 6.07) is 11.0. The first-order valence-corrected chi connectivity index (χ1v) is 8.33. The highest BCUT2D eigenvalue weighted by molar-refractivity contribution is 6.20. The van der Waals surface area contributed by atoms with Gasteiger partial charge in [0.2, 0.25) is 0 Å². The molecule has 0 N–H and O–H groups in total. The number of halogens is 1. The topological polar surface area (TPSA) is 0 Å². The van der Waals surface area contributed by atoms with Crippen molar-refractivity contribution in [2.75, 3.05) is 0 Å². The zero-order valence-electron chi connectivity index (χ0n) is 12.3. The van der Waals surface area contributed by atoms with Crippen LogP contribution in [0.1, 0.15) is 63.9 Å². The van der Waals surface area contributed by atoms with Gasteiger partial charge in [0.05, 0.1) is 0 Å². The number of hydrogen-bond donors (Lipinski definition) is 0. The van der Waals surface area contributed by atoms with Crippen LogP contribution in [0.15, 0.2) is 30.3 Å². The Bertz CT molecular complexity index is 359. The van der Waals surface area contributed by atoms with Crippen molar-refractivity contribution in [3.8, 4) is 0 Å². The van der Waals surface area contributed by atoms with Crippen LogP contribution in [0.2, 0.25) is 0 Å². The molecule has 0 spiro atoms. The molecule has 4 unspecified atom stereocenters. The smallest absolute Gasteiger partial charge is 0.0364 e. The molecule has 0 saturated heterocycles. The first-order valence-electron chi connectivity index (χ1n) is 7.89. The molecule has 0 amide bonds. The van der Waals surface area contributed by atoms with Crippen LogP contribution in [-0.4, -0.2) is 5.38 Å². The lowest BCUT2D eigenvalue weighted by Crippen LogP contribution is -2.26. The van der Waals surface area contributed by atoms with Gasteiger partial charge >= 0.3 is 0 Å². The van der Waals surface area contributed by atoms with Gasteiger partial charge in [-0.15, -0.1) is 11.6 Å². The summed E-state index contributed by atoms with van der Waals surface area (Å²) < 4.78 is 0. The molecule has 4 atom stereocenters. The molecular weight excluding hydrogens is 252 g/mol. The first kappa shape index (κ1) is 14.9. The molecule has 1 saturated carbocycles. The van der Waals surface area contributed by atoms with Gasteiger partial charge < -0.3 is 0 Å². The van der Waals surface area contributed by atoms with Crippen molar-refractivity contribution >= 4 is 11.6 Å². The summed E-state index contributed by atoms with van der Waals surface area (Å²) in [5, 5.41) is 0.402. The van der Waals surface area contributed by atoms with Crippen LogP contribution < -0.4 is 0 Å². The van der Waals surface area contributed by atoms with E-state index < -0.39 is 0 Å². The summed E-state index contributed by atoms with van der Waals surface area (Å²) in [6.45, 7) is 4.67. The van der Waals surface area contributed by atoms with E-state index in [0.717, 1.165) is 11.8 Å². The zero-order valence-corrected chi connectivity index (χ0v) is 13.1. The second-order valence-electron chi connectivity index (χ2n) is 6.33. The van der Waals surface area contributed by atoms with Gasteiger partial charge in [-0.2, -0.15) is 0 Å². The molecule has 106 valence electrons. The van der Waals surface area contributed by atoms with Crippen molar-refractivity contribution < 1.29 is 0 Å². The highest BCUT2D eigenvalue weighted by atomic mass is 35.5. The molecule has 2 rings (SSSR count). The van der Waals surface area contributed by atoms with E-state index in [1.165, 1.54) is 44.1 Å². The van der Waals surface area contributed by atoms with E-state index in [0.29, 0.717) is 11.3 Å². The molecule has 19 heavy (non-hydrogen) atoms. The summed E-state index contributed by atoms with van der Waals surface area (Å²) in [6.07, 6.45) is 7.68. The lowest BCUT2D eigenvalue weighted by molar-refractivity contribution is 0.271. The van der Waals surface area contributed by atoms with Crippen molar-refractivity contribution in [1.82, 2.24) is 0 Å². The predicted molar refractivity (Wildman–Crippen MR) is 84.9 cm³/mol. The average Bonchev–Trinajstić information content (AvgIpc) is 2.42. The van der Waals surface area contributed by atoms with Gasteiger partial charge in [-0.05, 0) is 49.0 Å². The molecule has 0 nitrogen and oxygen atoms in total. The van der Waals surface area contributed by atoms with E-state index in [9.17, 15) is 0 Å². The molecule has 1 fully saturated rings. The van der Waals surface area contributed by atoms with Gasteiger partial charge in [0, 0.05) is 5.38 Å². The van der Waals surface area contributed by atoms with Gasteiger partial charge in [0.15, 0.2) is 0 Å². The van der Waals surface area contributed by atoms with Gasteiger partial charge in [-0.1, -0.05) is 57.0 Å². The fourth-order valence-corrected chi connectivity index (χ4v) is 3.96. The van der Waals surface area contributed by atoms with Gasteiger partial charge in [-0.25, -0.2) is 0 Å². The van der Waals surface area contributed by atoms with Crippen LogP contribution in [0.3, 0.4) is 0 Å². The number of rotatable bonds is 5. The molecule has 1 aromatic rings. The van der Waals surface area contributed by atoms with Crippen LogP contribution in [0, 0.1) is 11.8 Å². The Morgan fingerprint density at radius 3 is 2.63 bits per heavy atom. The zero-order chi connectivity index (χ0) is 13.7. The van der Waals surface area contributed by atoms with Crippen LogP contribution in [0.4, 0.5) is 0 Å². The predicted octanol–water partition coefficient (Wildman–Crippen LogP) is 6.00. The average molecular weight is 279 g/mol. The summed E-state index contributed by atoms with van der Waals surface area (Å²) in [7, 11) is 0. The lowest BCUT2D eigenvalue weighted by atomic mass is 9.74. The lowest BCUT2D eigenvalue weighted by Gasteiger charge is -2.34. The molecule has 0 bridgehead atoms. The second-order valence-corrected chi connectivity index (χ2v) is 6.89. The Balaban J connectivity index is 1.96. The Morgan fingerprint density at radius 2 is 1.95 bits per heavy atom. The summed E-state index contributed by atoms with van der Waals surface area (Å²) in [5.74, 6) is 2.27. The maximum absolute atomic E-state index is 6.58. The standard InChI is InChI=1S/C18H27Cl/c1-3-7-14(2)12-17-13-16(10-11-18(17)19)15-8-5-4-6-9-15/h4-6,8-9,14,16-18H,3,7,10-13H2,1-2H3. The molecule has 1 aliphatic rings. The fraction of sp³-hybridized carbons (Fsp3) is 0.667. The highest BCUT2D eigenvalue weighted by Crippen LogP contribution is 2.41. The Kier molecular flexibility index (Phi) is 5.76. The first-order chi connectivity index (χ1) is 9.20. The molecule has 0 aromatic heterocycles. The summed E-state index contributed by atoms with van der Waals surface area (Å²) >= 11 is 6.58. The van der Waals surface area contributed by atoms with Crippen LogP contribution >= 0.6 is 11.6 Å². The van der Waals surface area contributed by atoms with E-state index in [-0.39, 0.29) is 0 Å². The minimum Gasteiger partial charge on any atom is -0.123 e. The van der Waals surface area contributed by atoms with Crippen molar-refractivity contribution in [3.05, 3.63) is 35.9 Å². The van der Waals surface area contributed by atoms with Crippen molar-refractivity contribution in [3.63, 3.8) is 0 Å². The molecular formula is C18H27Cl. The van der Waals surface area contributed by atoms with Crippen LogP contribution in [0.25, 0.3) is 0 Å². The summed E-state index contributed by atoms with van der Waals surface area (Å²) in [5.41, 5.74) is 1.51. The van der Waals surface area contributed by atoms with E-state index in [4.69, 9.17) is 11.6 Å². The van der Waals surface area contributed by atoms with Gasteiger partial charge in [0.1, 0.15) is 0 Å². The van der Waals surface area contributed by atoms with Crippen molar-refractivity contribution in [2.45, 2.75) is 63.7 Å². The minimum atomic E-state index is 0.402. The fourth-order valence-electron chi connectivity index (χ4n) is 3.63. The van der Waals surface area contributed by atoms with E-state index in [1.54, 1.807) is 0 Å². The summed E-state index contributed by atoms with van der Waals surface area (Å²) in [4.78, 5) is 0. The van der Waals surface area contributed by atoms with Crippen LogP contribution in [-0.2, 0) is 0 Å². The third-order valence-corrected chi connectivity index (χ3v) is 5.22. The largest absolute Gasteiger partial charge is 0.123 e. The third kappa shape index (κ3) is 4.24. The van der Waals surface area contributed by atoms with Gasteiger partial charge in [-0.3, -0.25) is 0 Å². The number of hydrogen-bond acceptors (Lipinski definition) is 0. The Morgan fingerprint density at radius 1 is 1.21 bits per heavy atom. The molecule has 1 aromatic carbocycles. The maximum atomic E-state index is 6.58. The molecule has 0 heterocycles. The van der Waals surface area contributed by atoms with Gasteiger partial charge in [0.25, 0.3) is 0 Å². The van der Waals surface area contributed by atoms with E-state index in [1.807, 2.05) is 0 Å². The quantitative estimate of drug-likeness (QED) is 0.579. The van der Waals surface area contributed by atoms with Crippen molar-refractivity contribution in [1.29, 1.82) is 0 Å². The Labute approximate surface area is 123 Å². The SMILES string of the molecule is CCCC(C)CC1CC(c2ccccc2)CCC1Cl. The highest BCUT2D eigenvalue weighted by Gasteiger charge is 2.30. The molecule has 1 heteroatoms. The minimum absolute atomic E-state index is 0.402. The third-order valence-electron chi connectivity index (χ3n) is 4.65. The van der Waals surface area contributed by atoms with E-state index in [2.05, 4.69) is 44.2 Å². The Hall–Kier alpha value is -0.490. The normalized spacial score (nSPS) is 29.1. The second kappa shape index (κ2) is 7.33. The monoisotopic (exact) mass is 278 g/mol. The maximum Gasteiger partial charge on any atom is 0.0364 e. The van der Waals surface area contributed by atoms with Crippen LogP contribution in [0.5, 0.6) is 0 Å². The number of alkyl halides is 1. The van der Waals surface area contributed by atoms with E-state index >= 15 is 0 Å². The number of benzene rings is 1. The molecule has 0 aliphatic heterocycles. The molecule has 1 aliphatic carbocycles. The molecule has 0 radical (unpaired) electrons. The van der Waals surface area contributed by atoms with Crippen molar-refractivity contribution in [2.24, 2.45) is 11.8 Å².